The minimum atomic E-state index is -4.55. The highest BCUT2D eigenvalue weighted by molar-refractivity contribution is 7.13. The number of aromatic nitrogens is 1. The first kappa shape index (κ1) is 15.6. The zero-order valence-electron chi connectivity index (χ0n) is 11.9. The van der Waals surface area contributed by atoms with Gasteiger partial charge in [0, 0.05) is 6.54 Å². The molecule has 1 amide bonds. The summed E-state index contributed by atoms with van der Waals surface area (Å²) in [4.78, 5) is 15.4. The number of aryl methyl sites for hydroxylation is 1. The molecule has 5 nitrogen and oxygen atoms in total. The maximum absolute atomic E-state index is 12.6. The van der Waals surface area contributed by atoms with E-state index in [1.54, 1.807) is 18.2 Å². The molecule has 1 aromatic heterocycles. The van der Waals surface area contributed by atoms with E-state index in [1.165, 1.54) is 6.92 Å². The van der Waals surface area contributed by atoms with Gasteiger partial charge in [0.15, 0.2) is 16.5 Å². The SMILES string of the molecule is Cc1nc(C(F)(F)F)sc1C(=O)NCc1ccc2c(c1)OCO2. The van der Waals surface area contributed by atoms with Crippen LogP contribution in [-0.2, 0) is 12.7 Å². The van der Waals surface area contributed by atoms with Crippen LogP contribution in [0.25, 0.3) is 0 Å². The largest absolute Gasteiger partial charge is 0.454 e. The summed E-state index contributed by atoms with van der Waals surface area (Å²) in [7, 11) is 0. The van der Waals surface area contributed by atoms with Crippen LogP contribution in [-0.4, -0.2) is 17.7 Å². The molecule has 0 bridgehead atoms. The van der Waals surface area contributed by atoms with Crippen LogP contribution in [0.4, 0.5) is 13.2 Å². The van der Waals surface area contributed by atoms with E-state index in [9.17, 15) is 18.0 Å². The lowest BCUT2D eigenvalue weighted by molar-refractivity contribution is -0.137. The minimum Gasteiger partial charge on any atom is -0.454 e. The number of hydrogen-bond donors (Lipinski definition) is 1. The normalized spacial score (nSPS) is 13.2. The van der Waals surface area contributed by atoms with E-state index in [0.29, 0.717) is 22.8 Å². The highest BCUT2D eigenvalue weighted by Crippen LogP contribution is 2.34. The van der Waals surface area contributed by atoms with Crippen LogP contribution in [0.15, 0.2) is 18.2 Å². The summed E-state index contributed by atoms with van der Waals surface area (Å²) in [5, 5.41) is 1.56. The van der Waals surface area contributed by atoms with Gasteiger partial charge in [-0.3, -0.25) is 4.79 Å². The summed E-state index contributed by atoms with van der Waals surface area (Å²) in [6.07, 6.45) is -4.55. The van der Waals surface area contributed by atoms with Crippen molar-refractivity contribution in [3.63, 3.8) is 0 Å². The van der Waals surface area contributed by atoms with Crippen molar-refractivity contribution in [2.24, 2.45) is 0 Å². The Morgan fingerprint density at radius 1 is 1.35 bits per heavy atom. The highest BCUT2D eigenvalue weighted by atomic mass is 32.1. The third-order valence-corrected chi connectivity index (χ3v) is 4.34. The van der Waals surface area contributed by atoms with Gasteiger partial charge in [-0.1, -0.05) is 6.07 Å². The average molecular weight is 344 g/mol. The van der Waals surface area contributed by atoms with E-state index < -0.39 is 17.1 Å². The molecule has 2 heterocycles. The van der Waals surface area contributed by atoms with E-state index in [1.807, 2.05) is 0 Å². The molecule has 0 fully saturated rings. The van der Waals surface area contributed by atoms with E-state index >= 15 is 0 Å². The molecule has 1 N–H and O–H groups in total. The third kappa shape index (κ3) is 3.24. The Morgan fingerprint density at radius 3 is 2.78 bits per heavy atom. The van der Waals surface area contributed by atoms with Gasteiger partial charge < -0.3 is 14.8 Å². The van der Waals surface area contributed by atoms with Crippen molar-refractivity contribution in [3.05, 3.63) is 39.3 Å². The van der Waals surface area contributed by atoms with E-state index in [-0.39, 0.29) is 23.9 Å². The number of ether oxygens (including phenoxy) is 2. The fourth-order valence-corrected chi connectivity index (χ4v) is 2.89. The Hall–Kier alpha value is -2.29. The van der Waals surface area contributed by atoms with Gasteiger partial charge in [0.1, 0.15) is 4.88 Å². The highest BCUT2D eigenvalue weighted by Gasteiger charge is 2.36. The van der Waals surface area contributed by atoms with Crippen LogP contribution in [0.1, 0.15) is 25.9 Å². The van der Waals surface area contributed by atoms with Crippen molar-refractivity contribution in [2.45, 2.75) is 19.6 Å². The standard InChI is InChI=1S/C14H11F3N2O3S/c1-7-11(23-13(19-7)14(15,16)17)12(20)18-5-8-2-3-9-10(4-8)22-6-21-9/h2-4H,5-6H2,1H3,(H,18,20). The Morgan fingerprint density at radius 2 is 2.09 bits per heavy atom. The van der Waals surface area contributed by atoms with Crippen LogP contribution < -0.4 is 14.8 Å². The Kier molecular flexibility index (Phi) is 3.88. The molecule has 3 rings (SSSR count). The maximum Gasteiger partial charge on any atom is 0.443 e. The molecule has 0 unspecified atom stereocenters. The molecule has 2 aromatic rings. The smallest absolute Gasteiger partial charge is 0.443 e. The summed E-state index contributed by atoms with van der Waals surface area (Å²) in [5.41, 5.74) is 0.811. The fourth-order valence-electron chi connectivity index (χ4n) is 2.04. The lowest BCUT2D eigenvalue weighted by Gasteiger charge is -2.05. The van der Waals surface area contributed by atoms with Crippen molar-refractivity contribution >= 4 is 17.2 Å². The van der Waals surface area contributed by atoms with Crippen LogP contribution in [0.3, 0.4) is 0 Å². The molecular formula is C14H11F3N2O3S. The van der Waals surface area contributed by atoms with E-state index in [4.69, 9.17) is 9.47 Å². The number of alkyl halides is 3. The molecule has 0 spiro atoms. The quantitative estimate of drug-likeness (QED) is 0.929. The van der Waals surface area contributed by atoms with Crippen LogP contribution in [0.5, 0.6) is 11.5 Å². The van der Waals surface area contributed by atoms with Crippen molar-refractivity contribution in [1.82, 2.24) is 10.3 Å². The Balaban J connectivity index is 1.69. The van der Waals surface area contributed by atoms with Gasteiger partial charge in [-0.05, 0) is 24.6 Å². The first-order valence-corrected chi connectivity index (χ1v) is 7.37. The van der Waals surface area contributed by atoms with Gasteiger partial charge in [-0.15, -0.1) is 11.3 Å². The molecular weight excluding hydrogens is 333 g/mol. The summed E-state index contributed by atoms with van der Waals surface area (Å²) in [6.45, 7) is 1.68. The summed E-state index contributed by atoms with van der Waals surface area (Å²) in [5.74, 6) is 0.603. The second-order valence-electron chi connectivity index (χ2n) is 4.80. The zero-order valence-corrected chi connectivity index (χ0v) is 12.7. The predicted molar refractivity (Wildman–Crippen MR) is 75.6 cm³/mol. The predicted octanol–water partition coefficient (Wildman–Crippen LogP) is 3.13. The molecule has 0 radical (unpaired) electrons. The summed E-state index contributed by atoms with van der Waals surface area (Å²) < 4.78 is 48.2. The molecule has 0 atom stereocenters. The van der Waals surface area contributed by atoms with E-state index in [2.05, 4.69) is 10.3 Å². The molecule has 0 aliphatic carbocycles. The number of amides is 1. The van der Waals surface area contributed by atoms with Gasteiger partial charge in [0.25, 0.3) is 5.91 Å². The summed E-state index contributed by atoms with van der Waals surface area (Å²) in [6, 6.07) is 5.17. The second-order valence-corrected chi connectivity index (χ2v) is 5.80. The number of benzene rings is 1. The molecule has 1 aliphatic heterocycles. The van der Waals surface area contributed by atoms with Crippen LogP contribution in [0, 0.1) is 6.92 Å². The molecule has 0 saturated carbocycles. The first-order chi connectivity index (χ1) is 10.8. The average Bonchev–Trinajstić information content (AvgIpc) is 3.09. The van der Waals surface area contributed by atoms with Crippen LogP contribution >= 0.6 is 11.3 Å². The number of hydrogen-bond acceptors (Lipinski definition) is 5. The minimum absolute atomic E-state index is 0.0435. The monoisotopic (exact) mass is 344 g/mol. The lowest BCUT2D eigenvalue weighted by Crippen LogP contribution is -2.22. The lowest BCUT2D eigenvalue weighted by atomic mass is 10.2. The molecule has 0 saturated heterocycles. The number of carbonyl (C=O) groups excluding carboxylic acids is 1. The number of nitrogens with zero attached hydrogens (tertiary/aromatic N) is 1. The van der Waals surface area contributed by atoms with Crippen molar-refractivity contribution in [3.8, 4) is 11.5 Å². The molecule has 1 aliphatic rings. The number of carbonyl (C=O) groups is 1. The fraction of sp³-hybridized carbons (Fsp3) is 0.286. The van der Waals surface area contributed by atoms with Crippen molar-refractivity contribution in [2.75, 3.05) is 6.79 Å². The zero-order chi connectivity index (χ0) is 16.6. The van der Waals surface area contributed by atoms with Gasteiger partial charge in [-0.25, -0.2) is 4.98 Å². The molecule has 122 valence electrons. The van der Waals surface area contributed by atoms with Crippen molar-refractivity contribution in [1.29, 1.82) is 0 Å². The van der Waals surface area contributed by atoms with Gasteiger partial charge >= 0.3 is 6.18 Å². The number of fused-ring (bicyclic) bond motifs is 1. The second kappa shape index (κ2) is 5.73. The Labute approximate surface area is 133 Å². The molecule has 23 heavy (non-hydrogen) atoms. The van der Waals surface area contributed by atoms with E-state index in [0.717, 1.165) is 5.56 Å². The topological polar surface area (TPSA) is 60.5 Å². The Bertz CT molecular complexity index is 758. The number of thiazole rings is 1. The van der Waals surface area contributed by atoms with Gasteiger partial charge in [-0.2, -0.15) is 13.2 Å². The molecule has 1 aromatic carbocycles. The van der Waals surface area contributed by atoms with Crippen LogP contribution in [0.2, 0.25) is 0 Å². The van der Waals surface area contributed by atoms with Gasteiger partial charge in [0.05, 0.1) is 5.69 Å². The first-order valence-electron chi connectivity index (χ1n) is 6.56. The van der Waals surface area contributed by atoms with Crippen molar-refractivity contribution < 1.29 is 27.4 Å². The number of rotatable bonds is 3. The third-order valence-electron chi connectivity index (χ3n) is 3.14. The maximum atomic E-state index is 12.6. The molecule has 9 heteroatoms. The summed E-state index contributed by atoms with van der Waals surface area (Å²) >= 11 is 0.337. The number of halogens is 3. The number of nitrogens with one attached hydrogen (secondary N) is 1. The van der Waals surface area contributed by atoms with Gasteiger partial charge in [0.2, 0.25) is 6.79 Å².